The van der Waals surface area contributed by atoms with Crippen LogP contribution in [0.4, 0.5) is 22.7 Å². The van der Waals surface area contributed by atoms with Gasteiger partial charge in [-0.15, -0.1) is 0 Å². The van der Waals surface area contributed by atoms with E-state index in [9.17, 15) is 0 Å². The van der Waals surface area contributed by atoms with Gasteiger partial charge in [0.1, 0.15) is 0 Å². The van der Waals surface area contributed by atoms with E-state index in [1.807, 2.05) is 54.6 Å². The Labute approximate surface area is 129 Å². The number of anilines is 4. The van der Waals surface area contributed by atoms with E-state index in [1.54, 1.807) is 6.07 Å². The third kappa shape index (κ3) is 2.20. The van der Waals surface area contributed by atoms with Crippen LogP contribution in [0, 0.1) is 0 Å². The molecule has 0 unspecified atom stereocenters. The minimum Gasteiger partial charge on any atom is -0.397 e. The van der Waals surface area contributed by atoms with Crippen LogP contribution in [0.3, 0.4) is 0 Å². The maximum Gasteiger partial charge on any atom is 0.0634 e. The Kier molecular flexibility index (Phi) is 3.35. The van der Waals surface area contributed by atoms with Gasteiger partial charge in [0.15, 0.2) is 0 Å². The van der Waals surface area contributed by atoms with Gasteiger partial charge >= 0.3 is 0 Å². The van der Waals surface area contributed by atoms with Crippen LogP contribution < -0.4 is 22.9 Å². The number of hydrogen-bond donors (Lipinski definition) is 4. The fraction of sp³-hybridized carbons (Fsp3) is 0. The summed E-state index contributed by atoms with van der Waals surface area (Å²) in [6, 6.07) is 19.3. The molecule has 4 nitrogen and oxygen atoms in total. The first-order chi connectivity index (χ1) is 10.6. The fourth-order valence-corrected chi connectivity index (χ4v) is 2.59. The minimum atomic E-state index is 0.511. The highest BCUT2D eigenvalue weighted by molar-refractivity contribution is 6.00. The van der Waals surface area contributed by atoms with E-state index in [0.717, 1.165) is 22.3 Å². The van der Waals surface area contributed by atoms with Crippen LogP contribution in [0.5, 0.6) is 0 Å². The second kappa shape index (κ2) is 5.33. The van der Waals surface area contributed by atoms with Gasteiger partial charge in [0.05, 0.1) is 22.7 Å². The van der Waals surface area contributed by atoms with Crippen LogP contribution in [0.25, 0.3) is 22.3 Å². The SMILES string of the molecule is Nc1cccc(-c2c(-c3ccccc3)ccc(N)c2N)c1N. The number of nitrogens with two attached hydrogens (primary N) is 4. The molecular formula is C18H18N4. The van der Waals surface area contributed by atoms with E-state index in [0.29, 0.717) is 22.7 Å². The van der Waals surface area contributed by atoms with Crippen LogP contribution >= 0.6 is 0 Å². The molecule has 22 heavy (non-hydrogen) atoms. The Morgan fingerprint density at radius 1 is 0.500 bits per heavy atom. The van der Waals surface area contributed by atoms with E-state index < -0.39 is 0 Å². The normalized spacial score (nSPS) is 10.5. The minimum absolute atomic E-state index is 0.511. The third-order valence-electron chi connectivity index (χ3n) is 3.77. The summed E-state index contributed by atoms with van der Waals surface area (Å²) in [5, 5.41) is 0. The fourth-order valence-electron chi connectivity index (χ4n) is 2.59. The van der Waals surface area contributed by atoms with Gasteiger partial charge < -0.3 is 22.9 Å². The van der Waals surface area contributed by atoms with Crippen molar-refractivity contribution in [1.82, 2.24) is 0 Å². The van der Waals surface area contributed by atoms with Crippen LogP contribution in [-0.4, -0.2) is 0 Å². The third-order valence-corrected chi connectivity index (χ3v) is 3.77. The van der Waals surface area contributed by atoms with E-state index >= 15 is 0 Å². The van der Waals surface area contributed by atoms with Crippen LogP contribution in [-0.2, 0) is 0 Å². The van der Waals surface area contributed by atoms with Crippen molar-refractivity contribution in [3.8, 4) is 22.3 Å². The molecule has 0 saturated heterocycles. The zero-order chi connectivity index (χ0) is 15.7. The van der Waals surface area contributed by atoms with Crippen molar-refractivity contribution in [1.29, 1.82) is 0 Å². The van der Waals surface area contributed by atoms with Gasteiger partial charge in [0.25, 0.3) is 0 Å². The number of para-hydroxylation sites is 1. The van der Waals surface area contributed by atoms with Crippen LogP contribution in [0.15, 0.2) is 60.7 Å². The zero-order valence-electron chi connectivity index (χ0n) is 12.1. The molecule has 0 amide bonds. The smallest absolute Gasteiger partial charge is 0.0634 e. The summed E-state index contributed by atoms with van der Waals surface area (Å²) in [6.07, 6.45) is 0. The van der Waals surface area contributed by atoms with Gasteiger partial charge in [-0.3, -0.25) is 0 Å². The van der Waals surface area contributed by atoms with Gasteiger partial charge in [-0.1, -0.05) is 48.5 Å². The number of hydrogen-bond acceptors (Lipinski definition) is 4. The second-order valence-corrected chi connectivity index (χ2v) is 5.17. The lowest BCUT2D eigenvalue weighted by Gasteiger charge is -2.17. The van der Waals surface area contributed by atoms with Crippen molar-refractivity contribution in [3.05, 3.63) is 60.7 Å². The molecule has 110 valence electrons. The second-order valence-electron chi connectivity index (χ2n) is 5.17. The lowest BCUT2D eigenvalue weighted by atomic mass is 9.91. The maximum absolute atomic E-state index is 6.25. The average Bonchev–Trinajstić information content (AvgIpc) is 2.54. The molecule has 8 N–H and O–H groups in total. The molecule has 0 atom stereocenters. The summed E-state index contributed by atoms with van der Waals surface area (Å²) in [6.45, 7) is 0. The molecule has 3 aromatic rings. The first kappa shape index (κ1) is 13.8. The largest absolute Gasteiger partial charge is 0.397 e. The standard InChI is InChI=1S/C18H18N4/c19-14-8-4-7-13(17(14)21)16-12(9-10-15(20)18(16)22)11-5-2-1-3-6-11/h1-10H,19-22H2. The molecule has 0 saturated carbocycles. The molecule has 3 rings (SSSR count). The van der Waals surface area contributed by atoms with Crippen molar-refractivity contribution in [2.45, 2.75) is 0 Å². The molecule has 4 heteroatoms. The highest BCUT2D eigenvalue weighted by Crippen LogP contribution is 2.42. The molecule has 0 aromatic heterocycles. The monoisotopic (exact) mass is 290 g/mol. The molecule has 0 fully saturated rings. The lowest BCUT2D eigenvalue weighted by molar-refractivity contribution is 1.57. The number of benzene rings is 3. The molecule has 0 aliphatic carbocycles. The van der Waals surface area contributed by atoms with Crippen LogP contribution in [0.1, 0.15) is 0 Å². The molecule has 0 heterocycles. The van der Waals surface area contributed by atoms with Crippen molar-refractivity contribution in [2.75, 3.05) is 22.9 Å². The molecule has 0 aliphatic rings. The maximum atomic E-state index is 6.25. The van der Waals surface area contributed by atoms with Gasteiger partial charge in [0.2, 0.25) is 0 Å². The van der Waals surface area contributed by atoms with E-state index in [4.69, 9.17) is 22.9 Å². The Morgan fingerprint density at radius 3 is 1.91 bits per heavy atom. The summed E-state index contributed by atoms with van der Waals surface area (Å²) < 4.78 is 0. The summed E-state index contributed by atoms with van der Waals surface area (Å²) in [5.41, 5.74) is 30.1. The van der Waals surface area contributed by atoms with Gasteiger partial charge in [-0.2, -0.15) is 0 Å². The highest BCUT2D eigenvalue weighted by atomic mass is 14.7. The molecule has 3 aromatic carbocycles. The van der Waals surface area contributed by atoms with E-state index in [2.05, 4.69) is 0 Å². The topological polar surface area (TPSA) is 104 Å². The number of nitrogen functional groups attached to an aromatic ring is 4. The summed E-state index contributed by atoms with van der Waals surface area (Å²) in [7, 11) is 0. The predicted octanol–water partition coefficient (Wildman–Crippen LogP) is 3.35. The van der Waals surface area contributed by atoms with Crippen molar-refractivity contribution < 1.29 is 0 Å². The van der Waals surface area contributed by atoms with E-state index in [-0.39, 0.29) is 0 Å². The Bertz CT molecular complexity index is 826. The number of rotatable bonds is 2. The van der Waals surface area contributed by atoms with Crippen molar-refractivity contribution in [3.63, 3.8) is 0 Å². The first-order valence-electron chi connectivity index (χ1n) is 6.97. The molecule has 0 spiro atoms. The molecular weight excluding hydrogens is 272 g/mol. The quantitative estimate of drug-likeness (QED) is 0.543. The van der Waals surface area contributed by atoms with Gasteiger partial charge in [0, 0.05) is 11.1 Å². The van der Waals surface area contributed by atoms with Crippen LogP contribution in [0.2, 0.25) is 0 Å². The summed E-state index contributed by atoms with van der Waals surface area (Å²) in [4.78, 5) is 0. The summed E-state index contributed by atoms with van der Waals surface area (Å²) in [5.74, 6) is 0. The van der Waals surface area contributed by atoms with Crippen molar-refractivity contribution in [2.24, 2.45) is 0 Å². The van der Waals surface area contributed by atoms with Gasteiger partial charge in [-0.25, -0.2) is 0 Å². The van der Waals surface area contributed by atoms with Crippen molar-refractivity contribution >= 4 is 22.7 Å². The average molecular weight is 290 g/mol. The predicted molar refractivity (Wildman–Crippen MR) is 95.0 cm³/mol. The highest BCUT2D eigenvalue weighted by Gasteiger charge is 2.16. The van der Waals surface area contributed by atoms with E-state index in [1.165, 1.54) is 0 Å². The Morgan fingerprint density at radius 2 is 1.18 bits per heavy atom. The lowest BCUT2D eigenvalue weighted by Crippen LogP contribution is -2.02. The Balaban J connectivity index is 2.35. The Hall–Kier alpha value is -3.14. The first-order valence-corrected chi connectivity index (χ1v) is 6.97. The zero-order valence-corrected chi connectivity index (χ0v) is 12.1. The molecule has 0 aliphatic heterocycles. The molecule has 0 bridgehead atoms. The molecule has 0 radical (unpaired) electrons. The van der Waals surface area contributed by atoms with Gasteiger partial charge in [-0.05, 0) is 23.3 Å². The summed E-state index contributed by atoms with van der Waals surface area (Å²) >= 11 is 0.